The molecule has 0 bridgehead atoms. The van der Waals surface area contributed by atoms with Crippen LogP contribution in [-0.4, -0.2) is 22.5 Å². The van der Waals surface area contributed by atoms with Crippen LogP contribution in [0.5, 0.6) is 5.75 Å². The van der Waals surface area contributed by atoms with E-state index < -0.39 is 0 Å². The minimum Gasteiger partial charge on any atom is -0.494 e. The van der Waals surface area contributed by atoms with Crippen molar-refractivity contribution in [2.24, 2.45) is 0 Å². The Labute approximate surface area is 150 Å². The number of para-hydroxylation sites is 1. The van der Waals surface area contributed by atoms with Crippen molar-refractivity contribution in [1.82, 2.24) is 15.3 Å². The van der Waals surface area contributed by atoms with E-state index in [9.17, 15) is 4.79 Å². The highest BCUT2D eigenvalue weighted by molar-refractivity contribution is 7.09. The Morgan fingerprint density at radius 3 is 2.72 bits per heavy atom. The fraction of sp³-hybridized carbons (Fsp3) is 0.211. The Hall–Kier alpha value is -2.73. The van der Waals surface area contributed by atoms with Crippen LogP contribution in [0.4, 0.5) is 0 Å². The van der Waals surface area contributed by atoms with Gasteiger partial charge in [-0.3, -0.25) is 9.78 Å². The smallest absolute Gasteiger partial charge is 0.220 e. The number of thiazole rings is 1. The molecule has 0 unspecified atom stereocenters. The van der Waals surface area contributed by atoms with E-state index in [1.165, 1.54) is 0 Å². The first-order valence-electron chi connectivity index (χ1n) is 8.10. The van der Waals surface area contributed by atoms with Crippen LogP contribution in [-0.2, 0) is 11.3 Å². The molecule has 0 radical (unpaired) electrons. The summed E-state index contributed by atoms with van der Waals surface area (Å²) in [5.74, 6) is 0.839. The van der Waals surface area contributed by atoms with Gasteiger partial charge in [-0.25, -0.2) is 4.98 Å². The van der Waals surface area contributed by atoms with Crippen molar-refractivity contribution < 1.29 is 9.53 Å². The van der Waals surface area contributed by atoms with Crippen molar-refractivity contribution in [3.63, 3.8) is 0 Å². The Balaban J connectivity index is 1.37. The minimum absolute atomic E-state index is 0.0114. The molecule has 2 aromatic heterocycles. The molecule has 5 nitrogen and oxygen atoms in total. The quantitative estimate of drug-likeness (QED) is 0.628. The summed E-state index contributed by atoms with van der Waals surface area (Å²) < 4.78 is 5.58. The van der Waals surface area contributed by atoms with Crippen molar-refractivity contribution in [2.45, 2.75) is 19.4 Å². The van der Waals surface area contributed by atoms with Gasteiger partial charge in [-0.05, 0) is 30.7 Å². The Bertz CT molecular complexity index is 791. The number of hydrogen-bond acceptors (Lipinski definition) is 5. The zero-order chi connectivity index (χ0) is 17.3. The van der Waals surface area contributed by atoms with Gasteiger partial charge in [0.1, 0.15) is 10.8 Å². The summed E-state index contributed by atoms with van der Waals surface area (Å²) in [7, 11) is 0. The standard InChI is InChI=1S/C19H19N3O2S/c23-18(7-4-12-24-16-5-2-1-3-6-16)21-13-19-22-17(14-25-19)15-8-10-20-11-9-15/h1-3,5-6,8-11,14H,4,7,12-13H2,(H,21,23). The molecular formula is C19H19N3O2S. The molecule has 128 valence electrons. The van der Waals surface area contributed by atoms with E-state index in [1.54, 1.807) is 23.7 Å². The lowest BCUT2D eigenvalue weighted by Gasteiger charge is -2.06. The van der Waals surface area contributed by atoms with Crippen LogP contribution in [0, 0.1) is 0 Å². The van der Waals surface area contributed by atoms with Crippen LogP contribution < -0.4 is 10.1 Å². The van der Waals surface area contributed by atoms with Crippen LogP contribution in [0.3, 0.4) is 0 Å². The van der Waals surface area contributed by atoms with Crippen molar-refractivity contribution in [2.75, 3.05) is 6.61 Å². The van der Waals surface area contributed by atoms with Crippen LogP contribution in [0.1, 0.15) is 17.8 Å². The highest BCUT2D eigenvalue weighted by atomic mass is 32.1. The molecule has 1 amide bonds. The fourth-order valence-electron chi connectivity index (χ4n) is 2.25. The van der Waals surface area contributed by atoms with Crippen LogP contribution in [0.2, 0.25) is 0 Å². The molecule has 3 rings (SSSR count). The highest BCUT2D eigenvalue weighted by Crippen LogP contribution is 2.20. The first-order valence-corrected chi connectivity index (χ1v) is 8.98. The molecule has 0 aliphatic heterocycles. The number of carbonyl (C=O) groups excluding carboxylic acids is 1. The maximum Gasteiger partial charge on any atom is 0.220 e. The number of hydrogen-bond donors (Lipinski definition) is 1. The monoisotopic (exact) mass is 353 g/mol. The van der Waals surface area contributed by atoms with E-state index in [0.717, 1.165) is 22.0 Å². The van der Waals surface area contributed by atoms with Gasteiger partial charge in [-0.15, -0.1) is 11.3 Å². The fourth-order valence-corrected chi connectivity index (χ4v) is 2.99. The Morgan fingerprint density at radius 1 is 1.12 bits per heavy atom. The highest BCUT2D eigenvalue weighted by Gasteiger charge is 2.06. The second-order valence-corrected chi connectivity index (χ2v) is 6.35. The van der Waals surface area contributed by atoms with Gasteiger partial charge in [0.2, 0.25) is 5.91 Å². The third-order valence-electron chi connectivity index (χ3n) is 3.52. The number of rotatable bonds is 8. The van der Waals surface area contributed by atoms with E-state index >= 15 is 0 Å². The van der Waals surface area contributed by atoms with Crippen molar-refractivity contribution >= 4 is 17.2 Å². The minimum atomic E-state index is 0.0114. The predicted octanol–water partition coefficient (Wildman–Crippen LogP) is 3.68. The molecular weight excluding hydrogens is 334 g/mol. The second kappa shape index (κ2) is 8.94. The van der Waals surface area contributed by atoms with E-state index in [1.807, 2.05) is 47.8 Å². The number of carbonyl (C=O) groups is 1. The van der Waals surface area contributed by atoms with Gasteiger partial charge in [-0.2, -0.15) is 0 Å². The average molecular weight is 353 g/mol. The molecule has 3 aromatic rings. The first-order chi connectivity index (χ1) is 12.3. The maximum absolute atomic E-state index is 11.9. The van der Waals surface area contributed by atoms with Crippen LogP contribution >= 0.6 is 11.3 Å². The number of amides is 1. The summed E-state index contributed by atoms with van der Waals surface area (Å²) in [4.78, 5) is 20.4. The lowest BCUT2D eigenvalue weighted by molar-refractivity contribution is -0.121. The zero-order valence-corrected chi connectivity index (χ0v) is 14.5. The number of ether oxygens (including phenoxy) is 1. The summed E-state index contributed by atoms with van der Waals surface area (Å²) in [5, 5.41) is 5.78. The molecule has 25 heavy (non-hydrogen) atoms. The number of aromatic nitrogens is 2. The first kappa shape index (κ1) is 17.1. The largest absolute Gasteiger partial charge is 0.494 e. The SMILES string of the molecule is O=C(CCCOc1ccccc1)NCc1nc(-c2ccncc2)cs1. The third kappa shape index (κ3) is 5.39. The molecule has 0 atom stereocenters. The van der Waals surface area contributed by atoms with Gasteiger partial charge in [0.05, 0.1) is 18.8 Å². The number of nitrogens with one attached hydrogen (secondary N) is 1. The Morgan fingerprint density at radius 2 is 1.92 bits per heavy atom. The topological polar surface area (TPSA) is 64.1 Å². The molecule has 0 saturated heterocycles. The molecule has 1 aromatic carbocycles. The number of benzene rings is 1. The summed E-state index contributed by atoms with van der Waals surface area (Å²) in [6.45, 7) is 0.981. The van der Waals surface area contributed by atoms with Crippen LogP contribution in [0.25, 0.3) is 11.3 Å². The van der Waals surface area contributed by atoms with Crippen LogP contribution in [0.15, 0.2) is 60.2 Å². The molecule has 0 fully saturated rings. The number of pyridine rings is 1. The van der Waals surface area contributed by atoms with E-state index in [4.69, 9.17) is 4.74 Å². The average Bonchev–Trinajstić information content (AvgIpc) is 3.14. The molecule has 0 aliphatic carbocycles. The van der Waals surface area contributed by atoms with Crippen molar-refractivity contribution in [3.8, 4) is 17.0 Å². The summed E-state index contributed by atoms with van der Waals surface area (Å²) in [6, 6.07) is 13.5. The van der Waals surface area contributed by atoms with Gasteiger partial charge in [0.15, 0.2) is 0 Å². The lowest BCUT2D eigenvalue weighted by Crippen LogP contribution is -2.22. The van der Waals surface area contributed by atoms with Crippen molar-refractivity contribution in [3.05, 3.63) is 65.2 Å². The summed E-state index contributed by atoms with van der Waals surface area (Å²) in [5.41, 5.74) is 1.94. The summed E-state index contributed by atoms with van der Waals surface area (Å²) >= 11 is 1.54. The predicted molar refractivity (Wildman–Crippen MR) is 98.4 cm³/mol. The van der Waals surface area contributed by atoms with Gasteiger partial charge >= 0.3 is 0 Å². The van der Waals surface area contributed by atoms with Gasteiger partial charge in [-0.1, -0.05) is 18.2 Å². The van der Waals surface area contributed by atoms with E-state index in [-0.39, 0.29) is 5.91 Å². The van der Waals surface area contributed by atoms with Gasteiger partial charge in [0, 0.05) is 29.8 Å². The van der Waals surface area contributed by atoms with E-state index in [0.29, 0.717) is 26.0 Å². The second-order valence-electron chi connectivity index (χ2n) is 5.40. The zero-order valence-electron chi connectivity index (χ0n) is 13.7. The molecule has 0 spiro atoms. The molecule has 2 heterocycles. The summed E-state index contributed by atoms with van der Waals surface area (Å²) in [6.07, 6.45) is 4.61. The normalized spacial score (nSPS) is 10.4. The molecule has 0 aliphatic rings. The maximum atomic E-state index is 11.9. The lowest BCUT2D eigenvalue weighted by atomic mass is 10.2. The molecule has 1 N–H and O–H groups in total. The number of nitrogens with zero attached hydrogens (tertiary/aromatic N) is 2. The van der Waals surface area contributed by atoms with Gasteiger partial charge < -0.3 is 10.1 Å². The van der Waals surface area contributed by atoms with E-state index in [2.05, 4.69) is 15.3 Å². The van der Waals surface area contributed by atoms with Gasteiger partial charge in [0.25, 0.3) is 0 Å². The molecule has 6 heteroatoms. The molecule has 0 saturated carbocycles. The third-order valence-corrected chi connectivity index (χ3v) is 4.37. The van der Waals surface area contributed by atoms with Crippen molar-refractivity contribution in [1.29, 1.82) is 0 Å². The Kier molecular flexibility index (Phi) is 6.11.